The number of hydrogen-bond acceptors (Lipinski definition) is 6. The first kappa shape index (κ1) is 27.8. The third kappa shape index (κ3) is 7.43. The molecule has 2 aromatic heterocycles. The maximum absolute atomic E-state index is 12.7. The van der Waals surface area contributed by atoms with Gasteiger partial charge in [0.05, 0.1) is 0 Å². The van der Waals surface area contributed by atoms with E-state index in [1.807, 2.05) is 31.9 Å². The molecule has 33 heavy (non-hydrogen) atoms. The molecular formula is C26H36N4O3. The number of aryl methyl sites for hydroxylation is 2. The van der Waals surface area contributed by atoms with Crippen LogP contribution in [-0.4, -0.2) is 35.6 Å². The fraction of sp³-hybridized carbons (Fsp3) is 0.423. The van der Waals surface area contributed by atoms with Gasteiger partial charge >= 0.3 is 0 Å². The van der Waals surface area contributed by atoms with Crippen molar-refractivity contribution in [1.29, 1.82) is 0 Å². The standard InChI is InChI=1S/C23H27N3O.CH5N.2CH2O/c1-3-16-9-10-19(15(2)11-16)20-13-18-14-24-21(25-22(18)26-23(20)27)12-17-7-5-4-6-8-17;3*1-2/h9-11,13-14,17H,3-8,12H2,1-2H3,(H,24,25,26,27);2H2,1H3;2*1H2. The highest BCUT2D eigenvalue weighted by Crippen LogP contribution is 2.27. The van der Waals surface area contributed by atoms with Gasteiger partial charge in [-0.05, 0) is 49.1 Å². The number of nitrogens with one attached hydrogen (secondary N) is 1. The van der Waals surface area contributed by atoms with Crippen molar-refractivity contribution in [2.24, 2.45) is 11.7 Å². The predicted octanol–water partition coefficient (Wildman–Crippen LogP) is 4.18. The summed E-state index contributed by atoms with van der Waals surface area (Å²) in [6.07, 6.45) is 10.3. The van der Waals surface area contributed by atoms with Crippen LogP contribution in [0.15, 0.2) is 35.3 Å². The average Bonchev–Trinajstić information content (AvgIpc) is 2.88. The second-order valence-electron chi connectivity index (χ2n) is 7.81. The Morgan fingerprint density at radius 1 is 1.03 bits per heavy atom. The van der Waals surface area contributed by atoms with Gasteiger partial charge in [0.25, 0.3) is 5.56 Å². The van der Waals surface area contributed by atoms with E-state index in [1.165, 1.54) is 44.7 Å². The zero-order valence-corrected chi connectivity index (χ0v) is 20.0. The van der Waals surface area contributed by atoms with E-state index < -0.39 is 0 Å². The molecule has 1 aromatic carbocycles. The van der Waals surface area contributed by atoms with Gasteiger partial charge in [0.2, 0.25) is 0 Å². The van der Waals surface area contributed by atoms with Crippen molar-refractivity contribution in [1.82, 2.24) is 15.0 Å². The molecule has 7 nitrogen and oxygen atoms in total. The van der Waals surface area contributed by atoms with Crippen molar-refractivity contribution in [2.45, 2.75) is 58.8 Å². The number of H-pyrrole nitrogens is 1. The Hall–Kier alpha value is -3.19. The third-order valence-electron chi connectivity index (χ3n) is 5.83. The first-order valence-corrected chi connectivity index (χ1v) is 11.3. The van der Waals surface area contributed by atoms with Crippen LogP contribution in [0.1, 0.15) is 56.0 Å². The summed E-state index contributed by atoms with van der Waals surface area (Å²) in [6, 6.07) is 8.22. The molecule has 1 aliphatic rings. The molecule has 0 spiro atoms. The molecule has 0 radical (unpaired) electrons. The molecule has 0 bridgehead atoms. The number of nitrogens with two attached hydrogens (primary N) is 1. The Balaban J connectivity index is 0.000000841. The smallest absolute Gasteiger partial charge is 0.257 e. The lowest BCUT2D eigenvalue weighted by molar-refractivity contribution is -0.0987. The van der Waals surface area contributed by atoms with Crippen LogP contribution in [0.4, 0.5) is 0 Å². The minimum Gasteiger partial charge on any atom is -0.333 e. The molecule has 0 atom stereocenters. The fourth-order valence-electron chi connectivity index (χ4n) is 4.23. The molecule has 1 saturated carbocycles. The molecule has 2 heterocycles. The van der Waals surface area contributed by atoms with E-state index in [0.717, 1.165) is 35.2 Å². The molecule has 1 aliphatic carbocycles. The maximum Gasteiger partial charge on any atom is 0.257 e. The van der Waals surface area contributed by atoms with E-state index in [1.54, 1.807) is 0 Å². The summed E-state index contributed by atoms with van der Waals surface area (Å²) in [5.74, 6) is 1.53. The van der Waals surface area contributed by atoms with Crippen molar-refractivity contribution < 1.29 is 9.59 Å². The SMILES string of the molecule is C=O.C=O.CCc1ccc(-c2cc3cnc(CC4CCCCC4)nc3[nH]c2=O)c(C)c1.CN. The van der Waals surface area contributed by atoms with Crippen LogP contribution in [0.3, 0.4) is 0 Å². The molecule has 0 unspecified atom stereocenters. The molecule has 7 heteroatoms. The van der Waals surface area contributed by atoms with Crippen molar-refractivity contribution >= 4 is 24.6 Å². The topological polar surface area (TPSA) is 119 Å². The number of nitrogens with zero attached hydrogens (tertiary/aromatic N) is 2. The second kappa shape index (κ2) is 14.8. The van der Waals surface area contributed by atoms with Gasteiger partial charge in [-0.15, -0.1) is 0 Å². The van der Waals surface area contributed by atoms with Crippen molar-refractivity contribution in [3.05, 3.63) is 57.8 Å². The molecule has 0 aliphatic heterocycles. The van der Waals surface area contributed by atoms with Crippen LogP contribution in [0, 0.1) is 12.8 Å². The van der Waals surface area contributed by atoms with Crippen LogP contribution in [0.5, 0.6) is 0 Å². The van der Waals surface area contributed by atoms with Gasteiger partial charge < -0.3 is 20.3 Å². The van der Waals surface area contributed by atoms with E-state index in [-0.39, 0.29) is 5.56 Å². The Morgan fingerprint density at radius 2 is 1.70 bits per heavy atom. The normalized spacial score (nSPS) is 13.0. The molecule has 4 rings (SSSR count). The van der Waals surface area contributed by atoms with Gasteiger partial charge in [0, 0.05) is 23.6 Å². The minimum absolute atomic E-state index is 0.0860. The summed E-state index contributed by atoms with van der Waals surface area (Å²) < 4.78 is 0. The predicted molar refractivity (Wildman–Crippen MR) is 134 cm³/mol. The number of aromatic nitrogens is 3. The number of fused-ring (bicyclic) bond motifs is 1. The number of carbonyl (C=O) groups is 2. The van der Waals surface area contributed by atoms with E-state index in [9.17, 15) is 4.79 Å². The van der Waals surface area contributed by atoms with Gasteiger partial charge in [-0.25, -0.2) is 9.97 Å². The molecule has 0 amide bonds. The summed E-state index contributed by atoms with van der Waals surface area (Å²) in [5, 5.41) is 0.885. The highest BCUT2D eigenvalue weighted by Gasteiger charge is 2.16. The highest BCUT2D eigenvalue weighted by molar-refractivity contribution is 5.81. The monoisotopic (exact) mass is 452 g/mol. The maximum atomic E-state index is 12.7. The average molecular weight is 453 g/mol. The molecule has 3 N–H and O–H groups in total. The quantitative estimate of drug-likeness (QED) is 0.613. The molecule has 3 aromatic rings. The van der Waals surface area contributed by atoms with E-state index in [2.05, 4.69) is 46.7 Å². The number of hydrogen-bond donors (Lipinski definition) is 2. The summed E-state index contributed by atoms with van der Waals surface area (Å²) >= 11 is 0. The lowest BCUT2D eigenvalue weighted by Crippen LogP contribution is -2.14. The van der Waals surface area contributed by atoms with Gasteiger partial charge in [-0.3, -0.25) is 4.79 Å². The van der Waals surface area contributed by atoms with Gasteiger partial charge in [-0.1, -0.05) is 57.2 Å². The largest absolute Gasteiger partial charge is 0.333 e. The summed E-state index contributed by atoms with van der Waals surface area (Å²) in [4.78, 5) is 40.9. The lowest BCUT2D eigenvalue weighted by Gasteiger charge is -2.20. The lowest BCUT2D eigenvalue weighted by atomic mass is 9.87. The third-order valence-corrected chi connectivity index (χ3v) is 5.83. The Labute approximate surface area is 195 Å². The van der Waals surface area contributed by atoms with Crippen molar-refractivity contribution in [3.63, 3.8) is 0 Å². The molecule has 0 saturated heterocycles. The Kier molecular flexibility index (Phi) is 12.5. The minimum atomic E-state index is -0.0860. The fourth-order valence-corrected chi connectivity index (χ4v) is 4.23. The zero-order chi connectivity index (χ0) is 24.8. The number of carbonyl (C=O) groups excluding carboxylic acids is 2. The van der Waals surface area contributed by atoms with E-state index >= 15 is 0 Å². The summed E-state index contributed by atoms with van der Waals surface area (Å²) in [7, 11) is 1.50. The van der Waals surface area contributed by atoms with Crippen LogP contribution < -0.4 is 11.3 Å². The zero-order valence-electron chi connectivity index (χ0n) is 20.0. The van der Waals surface area contributed by atoms with E-state index in [4.69, 9.17) is 9.59 Å². The van der Waals surface area contributed by atoms with Crippen molar-refractivity contribution in [3.8, 4) is 11.1 Å². The molecular weight excluding hydrogens is 416 g/mol. The number of rotatable bonds is 4. The van der Waals surface area contributed by atoms with Gasteiger partial charge in [0.15, 0.2) is 0 Å². The van der Waals surface area contributed by atoms with Crippen LogP contribution in [-0.2, 0) is 22.4 Å². The van der Waals surface area contributed by atoms with Gasteiger partial charge in [0.1, 0.15) is 25.0 Å². The number of pyridine rings is 1. The summed E-state index contributed by atoms with van der Waals surface area (Å²) in [6.45, 7) is 8.20. The number of benzene rings is 1. The first-order chi connectivity index (χ1) is 16.1. The van der Waals surface area contributed by atoms with Crippen LogP contribution in [0.25, 0.3) is 22.2 Å². The molecule has 178 valence electrons. The second-order valence-corrected chi connectivity index (χ2v) is 7.81. The highest BCUT2D eigenvalue weighted by atomic mass is 16.1. The van der Waals surface area contributed by atoms with Crippen molar-refractivity contribution in [2.75, 3.05) is 7.05 Å². The first-order valence-electron chi connectivity index (χ1n) is 11.3. The Bertz CT molecular complexity index is 1060. The van der Waals surface area contributed by atoms with Gasteiger partial charge in [-0.2, -0.15) is 0 Å². The Morgan fingerprint density at radius 3 is 2.30 bits per heavy atom. The molecule has 1 fully saturated rings. The number of aromatic amines is 1. The van der Waals surface area contributed by atoms with Crippen LogP contribution >= 0.6 is 0 Å². The van der Waals surface area contributed by atoms with E-state index in [0.29, 0.717) is 17.1 Å². The van der Waals surface area contributed by atoms with Crippen LogP contribution in [0.2, 0.25) is 0 Å². The summed E-state index contributed by atoms with van der Waals surface area (Å²) in [5.41, 5.74) is 9.12.